The van der Waals surface area contributed by atoms with Gasteiger partial charge in [-0.1, -0.05) is 11.6 Å². The fourth-order valence-corrected chi connectivity index (χ4v) is 3.64. The van der Waals surface area contributed by atoms with Gasteiger partial charge in [0.1, 0.15) is 12.4 Å². The summed E-state index contributed by atoms with van der Waals surface area (Å²) in [5, 5.41) is 4.17. The van der Waals surface area contributed by atoms with Crippen LogP contribution in [-0.4, -0.2) is 12.7 Å². The van der Waals surface area contributed by atoms with Crippen LogP contribution in [0.1, 0.15) is 20.8 Å². The molecule has 156 valence electrons. The van der Waals surface area contributed by atoms with Crippen LogP contribution < -0.4 is 19.5 Å². The molecule has 1 N–H and O–H groups in total. The number of ether oxygens (including phenoxy) is 3. The van der Waals surface area contributed by atoms with Gasteiger partial charge in [0.05, 0.1) is 21.2 Å². The standard InChI is InChI=1S/C20H13ClF3NO4S/c21-14-3-1-12(20(22,23)24)6-15(14)25-19(26)18-5-11(9-30-18)8-27-13-2-4-16-17(7-13)29-10-28-16/h1-7,9H,8,10H2,(H,25,26). The Hall–Kier alpha value is -2.91. The second-order valence-electron chi connectivity index (χ2n) is 6.27. The number of benzene rings is 2. The van der Waals surface area contributed by atoms with E-state index in [0.717, 1.165) is 35.1 Å². The fraction of sp³-hybridized carbons (Fsp3) is 0.150. The van der Waals surface area contributed by atoms with Gasteiger partial charge in [0.15, 0.2) is 11.5 Å². The Morgan fingerprint density at radius 2 is 1.93 bits per heavy atom. The van der Waals surface area contributed by atoms with Gasteiger partial charge in [0, 0.05) is 11.6 Å². The van der Waals surface area contributed by atoms with Crippen LogP contribution in [0.5, 0.6) is 17.2 Å². The van der Waals surface area contributed by atoms with Gasteiger partial charge in [-0.2, -0.15) is 13.2 Å². The molecule has 1 amide bonds. The van der Waals surface area contributed by atoms with Crippen LogP contribution >= 0.6 is 22.9 Å². The Bertz CT molecular complexity index is 1100. The highest BCUT2D eigenvalue weighted by molar-refractivity contribution is 7.12. The average Bonchev–Trinajstić information content (AvgIpc) is 3.36. The summed E-state index contributed by atoms with van der Waals surface area (Å²) in [6, 6.07) is 9.55. The summed E-state index contributed by atoms with van der Waals surface area (Å²) in [5.41, 5.74) is -0.271. The highest BCUT2D eigenvalue weighted by Gasteiger charge is 2.31. The molecule has 0 spiro atoms. The maximum Gasteiger partial charge on any atom is 0.416 e. The third kappa shape index (κ3) is 4.47. The molecule has 1 aromatic heterocycles. The van der Waals surface area contributed by atoms with Gasteiger partial charge in [-0.25, -0.2) is 0 Å². The smallest absolute Gasteiger partial charge is 0.416 e. The van der Waals surface area contributed by atoms with Crippen LogP contribution in [0.15, 0.2) is 47.8 Å². The summed E-state index contributed by atoms with van der Waals surface area (Å²) >= 11 is 7.07. The molecule has 2 aromatic carbocycles. The van der Waals surface area contributed by atoms with Gasteiger partial charge >= 0.3 is 6.18 Å². The van der Waals surface area contributed by atoms with Crippen LogP contribution in [0.25, 0.3) is 0 Å². The maximum atomic E-state index is 12.9. The average molecular weight is 456 g/mol. The molecule has 1 aliphatic heterocycles. The molecule has 30 heavy (non-hydrogen) atoms. The maximum absolute atomic E-state index is 12.9. The van der Waals surface area contributed by atoms with Crippen molar-refractivity contribution in [2.24, 2.45) is 0 Å². The first-order valence-corrected chi connectivity index (χ1v) is 9.83. The predicted molar refractivity (Wildman–Crippen MR) is 106 cm³/mol. The summed E-state index contributed by atoms with van der Waals surface area (Å²) in [6.45, 7) is 0.366. The van der Waals surface area contributed by atoms with Crippen molar-refractivity contribution in [1.29, 1.82) is 0 Å². The van der Waals surface area contributed by atoms with Gasteiger partial charge in [-0.3, -0.25) is 4.79 Å². The number of hydrogen-bond acceptors (Lipinski definition) is 5. The highest BCUT2D eigenvalue weighted by atomic mass is 35.5. The third-order valence-corrected chi connectivity index (χ3v) is 5.48. The Kier molecular flexibility index (Phi) is 5.48. The molecule has 0 aliphatic carbocycles. The molecule has 0 saturated heterocycles. The Labute approximate surface area is 177 Å². The number of rotatable bonds is 5. The monoisotopic (exact) mass is 455 g/mol. The lowest BCUT2D eigenvalue weighted by Gasteiger charge is -2.11. The molecule has 0 atom stereocenters. The first kappa shape index (κ1) is 20.4. The van der Waals surface area contributed by atoms with Crippen molar-refractivity contribution in [3.8, 4) is 17.2 Å². The minimum Gasteiger partial charge on any atom is -0.489 e. The zero-order valence-corrected chi connectivity index (χ0v) is 16.7. The molecule has 0 bridgehead atoms. The van der Waals surface area contributed by atoms with Crippen LogP contribution in [0.4, 0.5) is 18.9 Å². The van der Waals surface area contributed by atoms with Crippen molar-refractivity contribution in [2.75, 3.05) is 12.1 Å². The minimum absolute atomic E-state index is 0.0132. The van der Waals surface area contributed by atoms with Crippen LogP contribution in [0.2, 0.25) is 5.02 Å². The van der Waals surface area contributed by atoms with Crippen molar-refractivity contribution in [3.05, 3.63) is 68.9 Å². The van der Waals surface area contributed by atoms with E-state index in [9.17, 15) is 18.0 Å². The van der Waals surface area contributed by atoms with Gasteiger partial charge in [-0.05, 0) is 41.8 Å². The van der Waals surface area contributed by atoms with E-state index >= 15 is 0 Å². The van der Waals surface area contributed by atoms with Gasteiger partial charge in [0.25, 0.3) is 5.91 Å². The number of nitrogens with one attached hydrogen (secondary N) is 1. The number of anilines is 1. The van der Waals surface area contributed by atoms with E-state index in [2.05, 4.69) is 5.32 Å². The molecule has 0 unspecified atom stereocenters. The molecule has 3 aromatic rings. The lowest BCUT2D eigenvalue weighted by atomic mass is 10.2. The van der Waals surface area contributed by atoms with E-state index in [1.165, 1.54) is 0 Å². The molecule has 2 heterocycles. The molecule has 0 radical (unpaired) electrons. The molecular weight excluding hydrogens is 443 g/mol. The molecule has 0 saturated carbocycles. The van der Waals surface area contributed by atoms with E-state index in [4.69, 9.17) is 25.8 Å². The Balaban J connectivity index is 1.41. The van der Waals surface area contributed by atoms with E-state index in [1.54, 1.807) is 29.6 Å². The van der Waals surface area contributed by atoms with E-state index in [1.807, 2.05) is 0 Å². The van der Waals surface area contributed by atoms with E-state index in [-0.39, 0.29) is 24.1 Å². The molecule has 0 fully saturated rings. The number of thiophene rings is 1. The number of carbonyl (C=O) groups is 1. The number of alkyl halides is 3. The SMILES string of the molecule is O=C(Nc1cc(C(F)(F)F)ccc1Cl)c1cc(COc2ccc3c(c2)OCO3)cs1. The van der Waals surface area contributed by atoms with Crippen molar-refractivity contribution < 1.29 is 32.2 Å². The lowest BCUT2D eigenvalue weighted by molar-refractivity contribution is -0.137. The van der Waals surface area contributed by atoms with Gasteiger partial charge < -0.3 is 19.5 Å². The van der Waals surface area contributed by atoms with Crippen molar-refractivity contribution in [2.45, 2.75) is 12.8 Å². The zero-order valence-electron chi connectivity index (χ0n) is 15.1. The molecule has 10 heteroatoms. The normalized spacial score (nSPS) is 12.7. The molecule has 4 rings (SSSR count). The summed E-state index contributed by atoms with van der Waals surface area (Å²) in [7, 11) is 0. The predicted octanol–water partition coefficient (Wildman–Crippen LogP) is 5.98. The Morgan fingerprint density at radius 3 is 2.73 bits per heavy atom. The van der Waals surface area contributed by atoms with Crippen molar-refractivity contribution in [3.63, 3.8) is 0 Å². The summed E-state index contributed by atoms with van der Waals surface area (Å²) in [5.74, 6) is 1.25. The largest absolute Gasteiger partial charge is 0.489 e. The summed E-state index contributed by atoms with van der Waals surface area (Å²) < 4.78 is 54.9. The van der Waals surface area contributed by atoms with E-state index < -0.39 is 17.6 Å². The van der Waals surface area contributed by atoms with Crippen molar-refractivity contribution >= 4 is 34.5 Å². The molecule has 1 aliphatic rings. The van der Waals surface area contributed by atoms with Gasteiger partial charge in [0.2, 0.25) is 6.79 Å². The second kappa shape index (κ2) is 8.08. The van der Waals surface area contributed by atoms with Crippen LogP contribution in [-0.2, 0) is 12.8 Å². The van der Waals surface area contributed by atoms with Crippen LogP contribution in [0, 0.1) is 0 Å². The first-order valence-electron chi connectivity index (χ1n) is 8.57. The number of amides is 1. The highest BCUT2D eigenvalue weighted by Crippen LogP contribution is 2.36. The Morgan fingerprint density at radius 1 is 1.13 bits per heavy atom. The van der Waals surface area contributed by atoms with Gasteiger partial charge in [-0.15, -0.1) is 11.3 Å². The number of halogens is 4. The number of fused-ring (bicyclic) bond motifs is 1. The third-order valence-electron chi connectivity index (χ3n) is 4.17. The zero-order chi connectivity index (χ0) is 21.3. The quantitative estimate of drug-likeness (QED) is 0.514. The number of carbonyl (C=O) groups excluding carboxylic acids is 1. The topological polar surface area (TPSA) is 56.8 Å². The summed E-state index contributed by atoms with van der Waals surface area (Å²) in [6.07, 6.45) is -4.54. The second-order valence-corrected chi connectivity index (χ2v) is 7.59. The minimum atomic E-state index is -4.54. The summed E-state index contributed by atoms with van der Waals surface area (Å²) in [4.78, 5) is 12.7. The molecule has 5 nitrogen and oxygen atoms in total. The first-order chi connectivity index (χ1) is 14.3. The fourth-order valence-electron chi connectivity index (χ4n) is 2.68. The number of hydrogen-bond donors (Lipinski definition) is 1. The van der Waals surface area contributed by atoms with E-state index in [0.29, 0.717) is 22.1 Å². The van der Waals surface area contributed by atoms with Crippen molar-refractivity contribution in [1.82, 2.24) is 0 Å². The lowest BCUT2D eigenvalue weighted by Crippen LogP contribution is -2.12. The van der Waals surface area contributed by atoms with Crippen LogP contribution in [0.3, 0.4) is 0 Å². The molecular formula is C20H13ClF3NO4S.